The normalized spacial score (nSPS) is 10.1. The zero-order chi connectivity index (χ0) is 14.4. The SMILES string of the molecule is COc1ccc(C(=O)NCc2ccc(CN)cc2)cc1. The van der Waals surface area contributed by atoms with Crippen LogP contribution in [0.25, 0.3) is 0 Å². The molecule has 0 saturated heterocycles. The van der Waals surface area contributed by atoms with Crippen LogP contribution >= 0.6 is 0 Å². The first-order valence-corrected chi connectivity index (χ1v) is 6.43. The summed E-state index contributed by atoms with van der Waals surface area (Å²) in [6, 6.07) is 14.9. The Kier molecular flexibility index (Phi) is 4.74. The van der Waals surface area contributed by atoms with Crippen molar-refractivity contribution in [2.75, 3.05) is 7.11 Å². The minimum absolute atomic E-state index is 0.101. The quantitative estimate of drug-likeness (QED) is 0.874. The number of methoxy groups -OCH3 is 1. The summed E-state index contributed by atoms with van der Waals surface area (Å²) in [5.74, 6) is 0.634. The molecule has 2 aromatic rings. The highest BCUT2D eigenvalue weighted by molar-refractivity contribution is 5.94. The molecule has 20 heavy (non-hydrogen) atoms. The van der Waals surface area contributed by atoms with Gasteiger partial charge in [-0.25, -0.2) is 0 Å². The van der Waals surface area contributed by atoms with Gasteiger partial charge in [0.15, 0.2) is 0 Å². The molecule has 0 heterocycles. The van der Waals surface area contributed by atoms with Gasteiger partial charge < -0.3 is 15.8 Å². The fraction of sp³-hybridized carbons (Fsp3) is 0.188. The van der Waals surface area contributed by atoms with Crippen LogP contribution in [0, 0.1) is 0 Å². The van der Waals surface area contributed by atoms with Gasteiger partial charge in [0.25, 0.3) is 5.91 Å². The van der Waals surface area contributed by atoms with Gasteiger partial charge in [-0.1, -0.05) is 24.3 Å². The molecular weight excluding hydrogens is 252 g/mol. The molecule has 0 aliphatic heterocycles. The Balaban J connectivity index is 1.93. The highest BCUT2D eigenvalue weighted by Gasteiger charge is 2.05. The van der Waals surface area contributed by atoms with Crippen molar-refractivity contribution in [3.05, 3.63) is 65.2 Å². The van der Waals surface area contributed by atoms with Crippen molar-refractivity contribution in [2.45, 2.75) is 13.1 Å². The van der Waals surface area contributed by atoms with Gasteiger partial charge in [0.1, 0.15) is 5.75 Å². The Hall–Kier alpha value is -2.33. The van der Waals surface area contributed by atoms with Crippen molar-refractivity contribution in [3.8, 4) is 5.75 Å². The van der Waals surface area contributed by atoms with Crippen molar-refractivity contribution in [3.63, 3.8) is 0 Å². The maximum atomic E-state index is 12.0. The number of hydrogen-bond acceptors (Lipinski definition) is 3. The third kappa shape index (κ3) is 3.59. The van der Waals surface area contributed by atoms with Gasteiger partial charge in [-0.3, -0.25) is 4.79 Å². The van der Waals surface area contributed by atoms with Crippen molar-refractivity contribution in [1.29, 1.82) is 0 Å². The monoisotopic (exact) mass is 270 g/mol. The van der Waals surface area contributed by atoms with Crippen LogP contribution in [0.4, 0.5) is 0 Å². The van der Waals surface area contributed by atoms with Crippen LogP contribution < -0.4 is 15.8 Å². The van der Waals surface area contributed by atoms with Gasteiger partial charge in [-0.15, -0.1) is 0 Å². The molecule has 0 bridgehead atoms. The molecule has 1 amide bonds. The molecule has 0 unspecified atom stereocenters. The van der Waals surface area contributed by atoms with Crippen LogP contribution in [0.15, 0.2) is 48.5 Å². The lowest BCUT2D eigenvalue weighted by atomic mass is 10.1. The Morgan fingerprint density at radius 2 is 1.65 bits per heavy atom. The summed E-state index contributed by atoms with van der Waals surface area (Å²) in [6.07, 6.45) is 0. The fourth-order valence-corrected chi connectivity index (χ4v) is 1.82. The minimum Gasteiger partial charge on any atom is -0.497 e. The van der Waals surface area contributed by atoms with Gasteiger partial charge >= 0.3 is 0 Å². The number of carbonyl (C=O) groups is 1. The topological polar surface area (TPSA) is 64.3 Å². The summed E-state index contributed by atoms with van der Waals surface area (Å²) >= 11 is 0. The summed E-state index contributed by atoms with van der Waals surface area (Å²) in [5.41, 5.74) is 8.28. The van der Waals surface area contributed by atoms with Crippen molar-refractivity contribution < 1.29 is 9.53 Å². The lowest BCUT2D eigenvalue weighted by Crippen LogP contribution is -2.22. The van der Waals surface area contributed by atoms with E-state index in [1.165, 1.54) is 0 Å². The lowest BCUT2D eigenvalue weighted by molar-refractivity contribution is 0.0951. The Bertz CT molecular complexity index is 562. The van der Waals surface area contributed by atoms with E-state index < -0.39 is 0 Å². The number of benzene rings is 2. The average Bonchev–Trinajstić information content (AvgIpc) is 2.53. The first kappa shape index (κ1) is 14.1. The third-order valence-electron chi connectivity index (χ3n) is 3.06. The molecule has 0 saturated carbocycles. The first-order valence-electron chi connectivity index (χ1n) is 6.43. The molecule has 0 aliphatic carbocycles. The first-order chi connectivity index (χ1) is 9.72. The predicted octanol–water partition coefficient (Wildman–Crippen LogP) is 2.08. The van der Waals surface area contributed by atoms with E-state index in [4.69, 9.17) is 10.5 Å². The molecule has 0 fully saturated rings. The molecule has 0 aliphatic rings. The van der Waals surface area contributed by atoms with Crippen LogP contribution in [-0.4, -0.2) is 13.0 Å². The number of carbonyl (C=O) groups excluding carboxylic acids is 1. The highest BCUT2D eigenvalue weighted by atomic mass is 16.5. The summed E-state index contributed by atoms with van der Waals surface area (Å²) in [4.78, 5) is 12.0. The van der Waals surface area contributed by atoms with Gasteiger partial charge in [0.05, 0.1) is 7.11 Å². The zero-order valence-electron chi connectivity index (χ0n) is 11.4. The summed E-state index contributed by atoms with van der Waals surface area (Å²) in [7, 11) is 1.60. The number of amides is 1. The van der Waals surface area contributed by atoms with Crippen LogP contribution in [0.3, 0.4) is 0 Å². The van der Waals surface area contributed by atoms with Crippen LogP contribution in [-0.2, 0) is 13.1 Å². The summed E-state index contributed by atoms with van der Waals surface area (Å²) in [6.45, 7) is 1.02. The van der Waals surface area contributed by atoms with Gasteiger partial charge in [-0.2, -0.15) is 0 Å². The van der Waals surface area contributed by atoms with Crippen LogP contribution in [0.5, 0.6) is 5.75 Å². The summed E-state index contributed by atoms with van der Waals surface area (Å²) in [5, 5.41) is 2.88. The van der Waals surface area contributed by atoms with Gasteiger partial charge in [0.2, 0.25) is 0 Å². The van der Waals surface area contributed by atoms with E-state index in [2.05, 4.69) is 5.32 Å². The number of hydrogen-bond donors (Lipinski definition) is 2. The fourth-order valence-electron chi connectivity index (χ4n) is 1.82. The summed E-state index contributed by atoms with van der Waals surface area (Å²) < 4.78 is 5.06. The Morgan fingerprint density at radius 1 is 1.05 bits per heavy atom. The van der Waals surface area contributed by atoms with Crippen molar-refractivity contribution >= 4 is 5.91 Å². The van der Waals surface area contributed by atoms with E-state index in [-0.39, 0.29) is 5.91 Å². The van der Waals surface area contributed by atoms with Crippen molar-refractivity contribution in [2.24, 2.45) is 5.73 Å². The lowest BCUT2D eigenvalue weighted by Gasteiger charge is -2.07. The van der Waals surface area contributed by atoms with Crippen LogP contribution in [0.2, 0.25) is 0 Å². The molecule has 4 heteroatoms. The largest absolute Gasteiger partial charge is 0.497 e. The maximum Gasteiger partial charge on any atom is 0.251 e. The molecule has 4 nitrogen and oxygen atoms in total. The Morgan fingerprint density at radius 3 is 2.20 bits per heavy atom. The predicted molar refractivity (Wildman–Crippen MR) is 78.5 cm³/mol. The molecule has 3 N–H and O–H groups in total. The van der Waals surface area contributed by atoms with E-state index in [1.807, 2.05) is 24.3 Å². The second-order valence-electron chi connectivity index (χ2n) is 4.43. The molecule has 0 spiro atoms. The number of rotatable bonds is 5. The molecule has 0 atom stereocenters. The minimum atomic E-state index is -0.101. The third-order valence-corrected chi connectivity index (χ3v) is 3.06. The molecule has 104 valence electrons. The van der Waals surface area contributed by atoms with Crippen LogP contribution in [0.1, 0.15) is 21.5 Å². The average molecular weight is 270 g/mol. The second-order valence-corrected chi connectivity index (χ2v) is 4.43. The smallest absolute Gasteiger partial charge is 0.251 e. The maximum absolute atomic E-state index is 12.0. The van der Waals surface area contributed by atoms with Gasteiger partial charge in [-0.05, 0) is 35.4 Å². The highest BCUT2D eigenvalue weighted by Crippen LogP contribution is 2.11. The molecule has 0 radical (unpaired) electrons. The molecule has 2 aromatic carbocycles. The second kappa shape index (κ2) is 6.73. The number of nitrogens with one attached hydrogen (secondary N) is 1. The van der Waals surface area contributed by atoms with E-state index in [1.54, 1.807) is 31.4 Å². The van der Waals surface area contributed by atoms with E-state index >= 15 is 0 Å². The molecule has 0 aromatic heterocycles. The number of nitrogens with two attached hydrogens (primary N) is 1. The molecule has 2 rings (SSSR count). The molecular formula is C16H18N2O2. The number of ether oxygens (including phenoxy) is 1. The Labute approximate surface area is 118 Å². The standard InChI is InChI=1S/C16H18N2O2/c1-20-15-8-6-14(7-9-15)16(19)18-11-13-4-2-12(10-17)3-5-13/h2-9H,10-11,17H2,1H3,(H,18,19). The van der Waals surface area contributed by atoms with E-state index in [9.17, 15) is 4.79 Å². The van der Waals surface area contributed by atoms with Gasteiger partial charge in [0, 0.05) is 18.7 Å². The van der Waals surface area contributed by atoms with E-state index in [0.717, 1.165) is 16.9 Å². The van der Waals surface area contributed by atoms with Crippen molar-refractivity contribution in [1.82, 2.24) is 5.32 Å². The van der Waals surface area contributed by atoms with E-state index in [0.29, 0.717) is 18.7 Å². The zero-order valence-corrected chi connectivity index (χ0v) is 11.4.